The molecule has 0 unspecified atom stereocenters. The van der Waals surface area contributed by atoms with E-state index in [9.17, 15) is 14.0 Å². The van der Waals surface area contributed by atoms with Crippen LogP contribution < -0.4 is 5.32 Å². The van der Waals surface area contributed by atoms with Crippen LogP contribution in [0.1, 0.15) is 27.6 Å². The van der Waals surface area contributed by atoms with Crippen molar-refractivity contribution in [1.82, 2.24) is 9.88 Å². The Kier molecular flexibility index (Phi) is 3.93. The maximum Gasteiger partial charge on any atom is 0.253 e. The van der Waals surface area contributed by atoms with Gasteiger partial charge in [0.1, 0.15) is 5.82 Å². The highest BCUT2D eigenvalue weighted by atomic mass is 19.1. The molecule has 0 aliphatic heterocycles. The van der Waals surface area contributed by atoms with Gasteiger partial charge in [0.2, 0.25) is 5.91 Å². The summed E-state index contributed by atoms with van der Waals surface area (Å²) < 4.78 is 15.0. The monoisotopic (exact) mass is 310 g/mol. The zero-order valence-electron chi connectivity index (χ0n) is 12.5. The SMILES string of the molecule is CC(=O)n1cc(C(=O)NCc2ccccc2F)c2ccccc21. The van der Waals surface area contributed by atoms with E-state index in [0.717, 1.165) is 0 Å². The van der Waals surface area contributed by atoms with Crippen LogP contribution in [0.4, 0.5) is 4.39 Å². The standard InChI is InChI=1S/C18H15FN2O2/c1-12(22)21-11-15(14-7-3-5-9-17(14)21)18(23)20-10-13-6-2-4-8-16(13)19/h2-9,11H,10H2,1H3,(H,20,23). The number of rotatable bonds is 3. The summed E-state index contributed by atoms with van der Waals surface area (Å²) in [6.45, 7) is 1.53. The Balaban J connectivity index is 1.90. The Morgan fingerprint density at radius 2 is 1.78 bits per heavy atom. The van der Waals surface area contributed by atoms with Crippen molar-refractivity contribution in [3.05, 3.63) is 71.7 Å². The van der Waals surface area contributed by atoms with Crippen LogP contribution in [-0.4, -0.2) is 16.4 Å². The normalized spacial score (nSPS) is 10.7. The van der Waals surface area contributed by atoms with Crippen molar-refractivity contribution in [2.24, 2.45) is 0 Å². The molecule has 1 N–H and O–H groups in total. The van der Waals surface area contributed by atoms with Crippen LogP contribution in [-0.2, 0) is 6.54 Å². The van der Waals surface area contributed by atoms with Crippen LogP contribution in [0.15, 0.2) is 54.7 Å². The average Bonchev–Trinajstić information content (AvgIpc) is 2.94. The summed E-state index contributed by atoms with van der Waals surface area (Å²) in [5.74, 6) is -0.877. The minimum atomic E-state index is -0.362. The number of nitrogens with one attached hydrogen (secondary N) is 1. The lowest BCUT2D eigenvalue weighted by atomic mass is 10.1. The van der Waals surface area contributed by atoms with Crippen molar-refractivity contribution >= 4 is 22.7 Å². The number of carbonyl (C=O) groups excluding carboxylic acids is 2. The van der Waals surface area contributed by atoms with Crippen molar-refractivity contribution in [3.8, 4) is 0 Å². The van der Waals surface area contributed by atoms with E-state index < -0.39 is 0 Å². The molecule has 3 aromatic rings. The highest BCUT2D eigenvalue weighted by Crippen LogP contribution is 2.21. The largest absolute Gasteiger partial charge is 0.348 e. The Hall–Kier alpha value is -2.95. The number of aromatic nitrogens is 1. The predicted molar refractivity (Wildman–Crippen MR) is 85.8 cm³/mol. The summed E-state index contributed by atoms with van der Waals surface area (Å²) in [6, 6.07) is 13.5. The molecule has 1 heterocycles. The Morgan fingerprint density at radius 1 is 1.09 bits per heavy atom. The lowest BCUT2D eigenvalue weighted by molar-refractivity contribution is 0.0941. The minimum Gasteiger partial charge on any atom is -0.348 e. The first kappa shape index (κ1) is 15.0. The fraction of sp³-hybridized carbons (Fsp3) is 0.111. The van der Waals surface area contributed by atoms with E-state index in [0.29, 0.717) is 22.0 Å². The van der Waals surface area contributed by atoms with Crippen molar-refractivity contribution in [3.63, 3.8) is 0 Å². The molecule has 116 valence electrons. The number of para-hydroxylation sites is 1. The van der Waals surface area contributed by atoms with Crippen LogP contribution in [0.25, 0.3) is 10.9 Å². The van der Waals surface area contributed by atoms with Gasteiger partial charge in [0, 0.05) is 30.6 Å². The third-order valence-corrected chi connectivity index (χ3v) is 3.69. The van der Waals surface area contributed by atoms with Gasteiger partial charge < -0.3 is 5.32 Å². The van der Waals surface area contributed by atoms with Gasteiger partial charge in [0.05, 0.1) is 11.1 Å². The molecule has 1 aromatic heterocycles. The number of carbonyl (C=O) groups is 2. The van der Waals surface area contributed by atoms with Crippen LogP contribution in [0, 0.1) is 5.82 Å². The van der Waals surface area contributed by atoms with E-state index in [4.69, 9.17) is 0 Å². The fourth-order valence-corrected chi connectivity index (χ4v) is 2.53. The van der Waals surface area contributed by atoms with Crippen LogP contribution >= 0.6 is 0 Å². The number of halogens is 1. The summed E-state index contributed by atoms with van der Waals surface area (Å²) in [7, 11) is 0. The van der Waals surface area contributed by atoms with Gasteiger partial charge in [0.15, 0.2) is 0 Å². The average molecular weight is 310 g/mol. The van der Waals surface area contributed by atoms with E-state index >= 15 is 0 Å². The second-order valence-corrected chi connectivity index (χ2v) is 5.22. The molecular formula is C18H15FN2O2. The molecule has 2 aromatic carbocycles. The van der Waals surface area contributed by atoms with Gasteiger partial charge in [0.25, 0.3) is 5.91 Å². The first-order valence-electron chi connectivity index (χ1n) is 7.20. The van der Waals surface area contributed by atoms with E-state index in [1.807, 2.05) is 6.07 Å². The molecule has 0 aliphatic rings. The summed E-state index contributed by atoms with van der Waals surface area (Å²) >= 11 is 0. The highest BCUT2D eigenvalue weighted by molar-refractivity contribution is 6.09. The molecular weight excluding hydrogens is 295 g/mol. The Morgan fingerprint density at radius 3 is 2.52 bits per heavy atom. The van der Waals surface area contributed by atoms with Crippen LogP contribution in [0.3, 0.4) is 0 Å². The zero-order chi connectivity index (χ0) is 16.4. The molecule has 0 aliphatic carbocycles. The van der Waals surface area contributed by atoms with Crippen molar-refractivity contribution in [2.75, 3.05) is 0 Å². The molecule has 0 bridgehead atoms. The van der Waals surface area contributed by atoms with Gasteiger partial charge in [-0.1, -0.05) is 36.4 Å². The van der Waals surface area contributed by atoms with E-state index in [2.05, 4.69) is 5.32 Å². The molecule has 23 heavy (non-hydrogen) atoms. The lowest BCUT2D eigenvalue weighted by Crippen LogP contribution is -2.23. The Bertz CT molecular complexity index is 899. The number of amides is 1. The summed E-state index contributed by atoms with van der Waals surface area (Å²) in [5.41, 5.74) is 1.49. The summed E-state index contributed by atoms with van der Waals surface area (Å²) in [5, 5.41) is 3.39. The first-order chi connectivity index (χ1) is 11.1. The second-order valence-electron chi connectivity index (χ2n) is 5.22. The molecule has 4 nitrogen and oxygen atoms in total. The molecule has 0 spiro atoms. The van der Waals surface area contributed by atoms with Crippen molar-refractivity contribution in [2.45, 2.75) is 13.5 Å². The third kappa shape index (κ3) is 2.85. The first-order valence-corrected chi connectivity index (χ1v) is 7.20. The quantitative estimate of drug-likeness (QED) is 0.806. The van der Waals surface area contributed by atoms with Gasteiger partial charge in [-0.15, -0.1) is 0 Å². The summed E-state index contributed by atoms with van der Waals surface area (Å²) in [4.78, 5) is 24.1. The van der Waals surface area contributed by atoms with Gasteiger partial charge >= 0.3 is 0 Å². The topological polar surface area (TPSA) is 51.1 Å². The van der Waals surface area contributed by atoms with Gasteiger partial charge in [-0.05, 0) is 12.1 Å². The second kappa shape index (κ2) is 6.04. The minimum absolute atomic E-state index is 0.0884. The molecule has 1 amide bonds. The molecule has 5 heteroatoms. The Labute approximate surface area is 132 Å². The maximum absolute atomic E-state index is 13.6. The summed E-state index contributed by atoms with van der Waals surface area (Å²) in [6.07, 6.45) is 1.52. The third-order valence-electron chi connectivity index (χ3n) is 3.69. The maximum atomic E-state index is 13.6. The molecule has 0 saturated carbocycles. The van der Waals surface area contributed by atoms with Crippen LogP contribution in [0.2, 0.25) is 0 Å². The molecule has 0 fully saturated rings. The predicted octanol–water partition coefficient (Wildman–Crippen LogP) is 3.37. The molecule has 0 saturated heterocycles. The van der Waals surface area contributed by atoms with E-state index in [1.54, 1.807) is 36.4 Å². The van der Waals surface area contributed by atoms with E-state index in [-0.39, 0.29) is 24.2 Å². The van der Waals surface area contributed by atoms with E-state index in [1.165, 1.54) is 23.8 Å². The molecule has 0 radical (unpaired) electrons. The van der Waals surface area contributed by atoms with Crippen molar-refractivity contribution in [1.29, 1.82) is 0 Å². The number of benzene rings is 2. The zero-order valence-corrected chi connectivity index (χ0v) is 12.5. The number of hydrogen-bond donors (Lipinski definition) is 1. The van der Waals surface area contributed by atoms with Crippen molar-refractivity contribution < 1.29 is 14.0 Å². The smallest absolute Gasteiger partial charge is 0.253 e. The number of hydrogen-bond acceptors (Lipinski definition) is 2. The molecule has 3 rings (SSSR count). The van der Waals surface area contributed by atoms with Gasteiger partial charge in [-0.3, -0.25) is 14.2 Å². The highest BCUT2D eigenvalue weighted by Gasteiger charge is 2.16. The van der Waals surface area contributed by atoms with Gasteiger partial charge in [-0.25, -0.2) is 4.39 Å². The number of fused-ring (bicyclic) bond motifs is 1. The molecule has 0 atom stereocenters. The number of nitrogens with zero attached hydrogens (tertiary/aromatic N) is 1. The lowest BCUT2D eigenvalue weighted by Gasteiger charge is -2.05. The van der Waals surface area contributed by atoms with Crippen LogP contribution in [0.5, 0.6) is 0 Å². The fourth-order valence-electron chi connectivity index (χ4n) is 2.53. The van der Waals surface area contributed by atoms with Gasteiger partial charge in [-0.2, -0.15) is 0 Å².